The van der Waals surface area contributed by atoms with E-state index in [0.29, 0.717) is 12.2 Å². The molecule has 0 saturated heterocycles. The van der Waals surface area contributed by atoms with E-state index in [2.05, 4.69) is 5.32 Å². The summed E-state index contributed by atoms with van der Waals surface area (Å²) in [6.07, 6.45) is -2.56. The van der Waals surface area contributed by atoms with Crippen LogP contribution in [0.3, 0.4) is 0 Å². The number of carbonyl (C=O) groups is 1. The Labute approximate surface area is 133 Å². The Hall–Kier alpha value is -1.27. The highest BCUT2D eigenvalue weighted by atomic mass is 35.5. The Morgan fingerprint density at radius 3 is 2.68 bits per heavy atom. The average Bonchev–Trinajstić information content (AvgIpc) is 2.85. The van der Waals surface area contributed by atoms with Gasteiger partial charge in [-0.25, -0.2) is 0 Å². The van der Waals surface area contributed by atoms with Crippen molar-refractivity contribution in [3.05, 3.63) is 29.8 Å². The lowest BCUT2D eigenvalue weighted by Gasteiger charge is -2.17. The molecule has 1 aromatic rings. The van der Waals surface area contributed by atoms with Gasteiger partial charge >= 0.3 is 6.18 Å². The van der Waals surface area contributed by atoms with Gasteiger partial charge < -0.3 is 11.1 Å². The summed E-state index contributed by atoms with van der Waals surface area (Å²) >= 11 is 0. The van der Waals surface area contributed by atoms with Crippen LogP contribution in [0.25, 0.3) is 0 Å². The van der Waals surface area contributed by atoms with Crippen LogP contribution in [0, 0.1) is 11.8 Å². The molecular formula is C15H20ClF3N2O. The predicted molar refractivity (Wildman–Crippen MR) is 82.0 cm³/mol. The summed E-state index contributed by atoms with van der Waals surface area (Å²) in [6, 6.07) is 5.90. The number of benzene rings is 1. The van der Waals surface area contributed by atoms with Gasteiger partial charge in [-0.05, 0) is 43.0 Å². The van der Waals surface area contributed by atoms with Gasteiger partial charge in [-0.2, -0.15) is 13.2 Å². The fourth-order valence-electron chi connectivity index (χ4n) is 2.89. The van der Waals surface area contributed by atoms with Crippen LogP contribution < -0.4 is 11.1 Å². The number of nitrogens with two attached hydrogens (primary N) is 1. The Balaban J connectivity index is 0.00000242. The van der Waals surface area contributed by atoms with Gasteiger partial charge in [-0.15, -0.1) is 12.4 Å². The topological polar surface area (TPSA) is 55.1 Å². The minimum atomic E-state index is -4.25. The van der Waals surface area contributed by atoms with Gasteiger partial charge in [0.05, 0.1) is 6.42 Å². The Bertz CT molecular complexity index is 508. The van der Waals surface area contributed by atoms with Crippen molar-refractivity contribution in [3.63, 3.8) is 0 Å². The maximum atomic E-state index is 12.4. The quantitative estimate of drug-likeness (QED) is 0.883. The molecule has 1 aromatic carbocycles. The lowest BCUT2D eigenvalue weighted by Crippen LogP contribution is -2.29. The van der Waals surface area contributed by atoms with Crippen molar-refractivity contribution in [2.75, 3.05) is 11.9 Å². The van der Waals surface area contributed by atoms with Crippen molar-refractivity contribution in [1.29, 1.82) is 0 Å². The van der Waals surface area contributed by atoms with E-state index in [-0.39, 0.29) is 35.7 Å². The number of rotatable bonds is 4. The van der Waals surface area contributed by atoms with Crippen molar-refractivity contribution >= 4 is 24.0 Å². The second-order valence-electron chi connectivity index (χ2n) is 5.51. The molecule has 22 heavy (non-hydrogen) atoms. The molecule has 1 fully saturated rings. The molecule has 0 aromatic heterocycles. The Morgan fingerprint density at radius 2 is 2.05 bits per heavy atom. The number of carbonyl (C=O) groups excluding carboxylic acids is 1. The standard InChI is InChI=1S/C15H19F3N2O.ClH/c16-15(17,18)8-10-3-1-5-12(7-10)20-14(21)13-6-2-4-11(13)9-19;/h1,3,5,7,11,13H,2,4,6,8-9,19H2,(H,20,21);1H/t11-,13-;/m1./s1. The molecular weight excluding hydrogens is 317 g/mol. The summed E-state index contributed by atoms with van der Waals surface area (Å²) in [5, 5.41) is 2.71. The Morgan fingerprint density at radius 1 is 1.32 bits per heavy atom. The van der Waals surface area contributed by atoms with Crippen molar-refractivity contribution in [2.45, 2.75) is 31.9 Å². The molecule has 0 radical (unpaired) electrons. The van der Waals surface area contributed by atoms with Gasteiger partial charge in [0, 0.05) is 11.6 Å². The normalized spacial score (nSPS) is 21.3. The fraction of sp³-hybridized carbons (Fsp3) is 0.533. The third-order valence-electron chi connectivity index (χ3n) is 3.90. The molecule has 124 valence electrons. The molecule has 0 aliphatic heterocycles. The summed E-state index contributed by atoms with van der Waals surface area (Å²) in [7, 11) is 0. The summed E-state index contributed by atoms with van der Waals surface area (Å²) in [5.41, 5.74) is 6.19. The number of nitrogens with one attached hydrogen (secondary N) is 1. The van der Waals surface area contributed by atoms with E-state index in [1.54, 1.807) is 6.07 Å². The molecule has 1 saturated carbocycles. The monoisotopic (exact) mass is 336 g/mol. The van der Waals surface area contributed by atoms with Crippen LogP contribution in [0.15, 0.2) is 24.3 Å². The van der Waals surface area contributed by atoms with E-state index in [4.69, 9.17) is 5.73 Å². The molecule has 3 N–H and O–H groups in total. The summed E-state index contributed by atoms with van der Waals surface area (Å²) in [4.78, 5) is 12.2. The predicted octanol–water partition coefficient (Wildman–Crippen LogP) is 3.53. The first-order valence-corrected chi connectivity index (χ1v) is 7.05. The Kier molecular flexibility index (Phi) is 6.68. The van der Waals surface area contributed by atoms with E-state index in [9.17, 15) is 18.0 Å². The second kappa shape index (κ2) is 7.83. The molecule has 0 bridgehead atoms. The minimum Gasteiger partial charge on any atom is -0.330 e. The van der Waals surface area contributed by atoms with Gasteiger partial charge in [-0.3, -0.25) is 4.79 Å². The fourth-order valence-corrected chi connectivity index (χ4v) is 2.89. The highest BCUT2D eigenvalue weighted by Gasteiger charge is 2.32. The molecule has 0 heterocycles. The highest BCUT2D eigenvalue weighted by molar-refractivity contribution is 5.93. The third-order valence-corrected chi connectivity index (χ3v) is 3.90. The SMILES string of the molecule is Cl.NC[C@H]1CCC[C@H]1C(=O)Nc1cccc(CC(F)(F)F)c1. The lowest BCUT2D eigenvalue weighted by molar-refractivity contribution is -0.127. The van der Waals surface area contributed by atoms with E-state index in [1.165, 1.54) is 18.2 Å². The van der Waals surface area contributed by atoms with Gasteiger partial charge in [0.2, 0.25) is 5.91 Å². The van der Waals surface area contributed by atoms with Crippen LogP contribution in [0.1, 0.15) is 24.8 Å². The van der Waals surface area contributed by atoms with Crippen molar-refractivity contribution in [2.24, 2.45) is 17.6 Å². The summed E-state index contributed by atoms with van der Waals surface area (Å²) in [5.74, 6) is -0.114. The molecule has 2 rings (SSSR count). The van der Waals surface area contributed by atoms with E-state index in [1.807, 2.05) is 0 Å². The zero-order chi connectivity index (χ0) is 15.5. The first kappa shape index (κ1) is 18.8. The maximum Gasteiger partial charge on any atom is 0.393 e. The molecule has 3 nitrogen and oxygen atoms in total. The van der Waals surface area contributed by atoms with Crippen molar-refractivity contribution in [3.8, 4) is 0 Å². The zero-order valence-corrected chi connectivity index (χ0v) is 12.8. The highest BCUT2D eigenvalue weighted by Crippen LogP contribution is 2.32. The minimum absolute atomic E-state index is 0. The van der Waals surface area contributed by atoms with Crippen LogP contribution >= 0.6 is 12.4 Å². The summed E-state index contributed by atoms with van der Waals surface area (Å²) in [6.45, 7) is 0.464. The van der Waals surface area contributed by atoms with Crippen LogP contribution in [0.5, 0.6) is 0 Å². The largest absolute Gasteiger partial charge is 0.393 e. The van der Waals surface area contributed by atoms with E-state index >= 15 is 0 Å². The molecule has 1 aliphatic rings. The molecule has 1 aliphatic carbocycles. The molecule has 0 unspecified atom stereocenters. The average molecular weight is 337 g/mol. The maximum absolute atomic E-state index is 12.4. The van der Waals surface area contributed by atoms with Crippen LogP contribution in [0.4, 0.5) is 18.9 Å². The first-order valence-electron chi connectivity index (χ1n) is 7.05. The third kappa shape index (κ3) is 5.18. The lowest BCUT2D eigenvalue weighted by atomic mass is 9.95. The van der Waals surface area contributed by atoms with Crippen LogP contribution in [-0.2, 0) is 11.2 Å². The number of hydrogen-bond acceptors (Lipinski definition) is 2. The van der Waals surface area contributed by atoms with Crippen molar-refractivity contribution < 1.29 is 18.0 Å². The van der Waals surface area contributed by atoms with Gasteiger partial charge in [0.25, 0.3) is 0 Å². The molecule has 0 spiro atoms. The smallest absolute Gasteiger partial charge is 0.330 e. The summed E-state index contributed by atoms with van der Waals surface area (Å²) < 4.78 is 37.1. The van der Waals surface area contributed by atoms with Gasteiger partial charge in [0.15, 0.2) is 0 Å². The number of hydrogen-bond donors (Lipinski definition) is 2. The van der Waals surface area contributed by atoms with Crippen molar-refractivity contribution in [1.82, 2.24) is 0 Å². The van der Waals surface area contributed by atoms with Crippen LogP contribution in [0.2, 0.25) is 0 Å². The van der Waals surface area contributed by atoms with Crippen LogP contribution in [-0.4, -0.2) is 18.6 Å². The van der Waals surface area contributed by atoms with Gasteiger partial charge in [0.1, 0.15) is 0 Å². The zero-order valence-electron chi connectivity index (χ0n) is 12.0. The first-order chi connectivity index (χ1) is 9.89. The van der Waals surface area contributed by atoms with Gasteiger partial charge in [-0.1, -0.05) is 18.6 Å². The number of anilines is 1. The van der Waals surface area contributed by atoms with E-state index < -0.39 is 12.6 Å². The second-order valence-corrected chi connectivity index (χ2v) is 5.51. The number of halogens is 4. The molecule has 1 amide bonds. The molecule has 7 heteroatoms. The number of amides is 1. The molecule has 2 atom stereocenters. The van der Waals surface area contributed by atoms with E-state index in [0.717, 1.165) is 19.3 Å². The number of alkyl halides is 3.